The topological polar surface area (TPSA) is 25.2 Å². The van der Waals surface area contributed by atoms with Crippen molar-refractivity contribution < 1.29 is 4.42 Å². The minimum Gasteiger partial charge on any atom is -0.458 e. The van der Waals surface area contributed by atoms with E-state index >= 15 is 0 Å². The summed E-state index contributed by atoms with van der Waals surface area (Å²) < 4.78 is 7.02. The maximum absolute atomic E-state index is 6.01. The first-order valence-electron chi connectivity index (χ1n) is 6.53. The lowest BCUT2D eigenvalue weighted by Gasteiger charge is -2.17. The van der Waals surface area contributed by atoms with E-state index in [-0.39, 0.29) is 0 Å². The maximum atomic E-state index is 6.01. The van der Waals surface area contributed by atoms with Crippen LogP contribution in [0.3, 0.4) is 0 Å². The van der Waals surface area contributed by atoms with Crippen LogP contribution in [0, 0.1) is 5.92 Å². The highest BCUT2D eigenvalue weighted by Gasteiger charge is 2.17. The van der Waals surface area contributed by atoms with Gasteiger partial charge in [-0.05, 0) is 46.9 Å². The van der Waals surface area contributed by atoms with Crippen molar-refractivity contribution in [1.82, 2.24) is 5.32 Å². The Morgan fingerprint density at radius 3 is 2.72 bits per heavy atom. The number of halogens is 1. The molecule has 1 aromatic carbocycles. The molecule has 1 unspecified atom stereocenters. The van der Waals surface area contributed by atoms with Crippen molar-refractivity contribution in [1.29, 1.82) is 0 Å². The summed E-state index contributed by atoms with van der Waals surface area (Å²) >= 11 is 3.53. The van der Waals surface area contributed by atoms with E-state index in [9.17, 15) is 0 Å². The lowest BCUT2D eigenvalue weighted by molar-refractivity contribution is 0.376. The van der Waals surface area contributed by atoms with E-state index in [1.165, 1.54) is 0 Å². The van der Waals surface area contributed by atoms with Gasteiger partial charge in [-0.1, -0.05) is 32.9 Å². The first kappa shape index (κ1) is 13.6. The maximum Gasteiger partial charge on any atom is 0.148 e. The second-order valence-electron chi connectivity index (χ2n) is 5.05. The van der Waals surface area contributed by atoms with Gasteiger partial charge in [0.15, 0.2) is 0 Å². The predicted molar refractivity (Wildman–Crippen MR) is 79.8 cm³/mol. The summed E-state index contributed by atoms with van der Waals surface area (Å²) in [5.41, 5.74) is 0.944. The summed E-state index contributed by atoms with van der Waals surface area (Å²) in [4.78, 5) is 0. The molecular formula is C15H20BrNO. The van der Waals surface area contributed by atoms with E-state index in [2.05, 4.69) is 54.2 Å². The first-order valence-corrected chi connectivity index (χ1v) is 7.32. The largest absolute Gasteiger partial charge is 0.458 e. The Morgan fingerprint density at radius 2 is 2.11 bits per heavy atom. The van der Waals surface area contributed by atoms with Crippen molar-refractivity contribution in [3.8, 4) is 0 Å². The Morgan fingerprint density at radius 1 is 1.33 bits per heavy atom. The van der Waals surface area contributed by atoms with Gasteiger partial charge in [0.2, 0.25) is 0 Å². The van der Waals surface area contributed by atoms with Crippen molar-refractivity contribution in [2.75, 3.05) is 6.54 Å². The monoisotopic (exact) mass is 309 g/mol. The van der Waals surface area contributed by atoms with Gasteiger partial charge in [0, 0.05) is 5.39 Å². The van der Waals surface area contributed by atoms with Gasteiger partial charge >= 0.3 is 0 Å². The summed E-state index contributed by atoms with van der Waals surface area (Å²) in [6.07, 6.45) is 1.09. The number of hydrogen-bond acceptors (Lipinski definition) is 2. The fourth-order valence-electron chi connectivity index (χ4n) is 2.24. The number of nitrogens with one attached hydrogen (secondary N) is 1. The molecule has 0 saturated carbocycles. The van der Waals surface area contributed by atoms with E-state index in [0.29, 0.717) is 12.0 Å². The van der Waals surface area contributed by atoms with Crippen LogP contribution in [0.4, 0.5) is 0 Å². The predicted octanol–water partition coefficient (Wildman–Crippen LogP) is 4.89. The van der Waals surface area contributed by atoms with Gasteiger partial charge in [-0.2, -0.15) is 0 Å². The molecule has 1 heterocycles. The van der Waals surface area contributed by atoms with E-state index in [1.54, 1.807) is 0 Å². The quantitative estimate of drug-likeness (QED) is 0.850. The Bertz CT molecular complexity index is 518. The molecule has 1 N–H and O–H groups in total. The molecule has 0 aliphatic heterocycles. The standard InChI is InChI=1S/C15H20BrNO/c1-4-17-13(8-10(2)3)14-9-11-6-5-7-12(16)15(11)18-14/h5-7,9-10,13,17H,4,8H2,1-3H3. The number of fused-ring (bicyclic) bond motifs is 1. The van der Waals surface area contributed by atoms with Gasteiger partial charge in [-0.25, -0.2) is 0 Å². The summed E-state index contributed by atoms with van der Waals surface area (Å²) in [7, 11) is 0. The van der Waals surface area contributed by atoms with Gasteiger partial charge in [0.25, 0.3) is 0 Å². The molecule has 0 fully saturated rings. The van der Waals surface area contributed by atoms with Crippen LogP contribution in [0.15, 0.2) is 33.2 Å². The van der Waals surface area contributed by atoms with Crippen LogP contribution in [-0.4, -0.2) is 6.54 Å². The lowest BCUT2D eigenvalue weighted by atomic mass is 10.0. The number of para-hydroxylation sites is 1. The molecule has 0 aliphatic rings. The van der Waals surface area contributed by atoms with E-state index in [1.807, 2.05) is 12.1 Å². The van der Waals surface area contributed by atoms with Gasteiger partial charge in [-0.15, -0.1) is 0 Å². The van der Waals surface area contributed by atoms with Gasteiger partial charge in [0.05, 0.1) is 10.5 Å². The molecule has 2 nitrogen and oxygen atoms in total. The number of rotatable bonds is 5. The zero-order chi connectivity index (χ0) is 13.1. The fourth-order valence-corrected chi connectivity index (χ4v) is 2.70. The van der Waals surface area contributed by atoms with Gasteiger partial charge in [0.1, 0.15) is 11.3 Å². The third-order valence-electron chi connectivity index (χ3n) is 3.02. The first-order chi connectivity index (χ1) is 8.61. The van der Waals surface area contributed by atoms with Crippen LogP contribution in [0.25, 0.3) is 11.0 Å². The van der Waals surface area contributed by atoms with Crippen molar-refractivity contribution in [3.05, 3.63) is 34.5 Å². The molecule has 1 aromatic heterocycles. The second kappa shape index (κ2) is 5.89. The minimum absolute atomic E-state index is 0.300. The molecule has 0 amide bonds. The lowest BCUT2D eigenvalue weighted by Crippen LogP contribution is -2.21. The molecule has 18 heavy (non-hydrogen) atoms. The van der Waals surface area contributed by atoms with Crippen molar-refractivity contribution in [3.63, 3.8) is 0 Å². The van der Waals surface area contributed by atoms with Crippen molar-refractivity contribution in [2.24, 2.45) is 5.92 Å². The highest BCUT2D eigenvalue weighted by Crippen LogP contribution is 2.31. The van der Waals surface area contributed by atoms with Crippen molar-refractivity contribution >= 4 is 26.9 Å². The molecule has 0 radical (unpaired) electrons. The molecule has 0 bridgehead atoms. The summed E-state index contributed by atoms with van der Waals surface area (Å²) in [5, 5.41) is 4.66. The number of furan rings is 1. The van der Waals surface area contributed by atoms with Crippen LogP contribution in [-0.2, 0) is 0 Å². The molecule has 0 saturated heterocycles. The SMILES string of the molecule is CCNC(CC(C)C)c1cc2cccc(Br)c2o1. The number of hydrogen-bond donors (Lipinski definition) is 1. The molecular weight excluding hydrogens is 290 g/mol. The molecule has 98 valence electrons. The molecule has 2 aromatic rings. The summed E-state index contributed by atoms with van der Waals surface area (Å²) in [6, 6.07) is 8.59. The fraction of sp³-hybridized carbons (Fsp3) is 0.467. The second-order valence-corrected chi connectivity index (χ2v) is 5.90. The summed E-state index contributed by atoms with van der Waals surface area (Å²) in [6.45, 7) is 7.56. The van der Waals surface area contributed by atoms with Crippen LogP contribution >= 0.6 is 15.9 Å². The normalized spacial score (nSPS) is 13.4. The highest BCUT2D eigenvalue weighted by atomic mass is 79.9. The zero-order valence-electron chi connectivity index (χ0n) is 11.2. The van der Waals surface area contributed by atoms with E-state index < -0.39 is 0 Å². The molecule has 3 heteroatoms. The third-order valence-corrected chi connectivity index (χ3v) is 3.64. The Balaban J connectivity index is 2.35. The van der Waals surface area contributed by atoms with Crippen molar-refractivity contribution in [2.45, 2.75) is 33.2 Å². The highest BCUT2D eigenvalue weighted by molar-refractivity contribution is 9.10. The van der Waals surface area contributed by atoms with Crippen LogP contribution in [0.2, 0.25) is 0 Å². The number of benzene rings is 1. The zero-order valence-corrected chi connectivity index (χ0v) is 12.8. The smallest absolute Gasteiger partial charge is 0.148 e. The molecule has 0 spiro atoms. The minimum atomic E-state index is 0.300. The Labute approximate surface area is 117 Å². The Kier molecular flexibility index (Phi) is 4.46. The Hall–Kier alpha value is -0.800. The molecule has 0 aliphatic carbocycles. The average molecular weight is 310 g/mol. The average Bonchev–Trinajstić information content (AvgIpc) is 2.73. The van der Waals surface area contributed by atoms with E-state index in [0.717, 1.165) is 34.2 Å². The summed E-state index contributed by atoms with van der Waals surface area (Å²) in [5.74, 6) is 1.68. The van der Waals surface area contributed by atoms with E-state index in [4.69, 9.17) is 4.42 Å². The van der Waals surface area contributed by atoms with Gasteiger partial charge < -0.3 is 9.73 Å². The van der Waals surface area contributed by atoms with Crippen LogP contribution in [0.5, 0.6) is 0 Å². The molecule has 1 atom stereocenters. The third kappa shape index (κ3) is 2.96. The van der Waals surface area contributed by atoms with Crippen LogP contribution in [0.1, 0.15) is 39.0 Å². The van der Waals surface area contributed by atoms with Crippen LogP contribution < -0.4 is 5.32 Å². The molecule has 2 rings (SSSR count). The van der Waals surface area contributed by atoms with Gasteiger partial charge in [-0.3, -0.25) is 0 Å².